The van der Waals surface area contributed by atoms with Gasteiger partial charge in [-0.2, -0.15) is 0 Å². The zero-order valence-corrected chi connectivity index (χ0v) is 16.9. The van der Waals surface area contributed by atoms with Crippen molar-refractivity contribution in [3.05, 3.63) is 41.3 Å². The number of oxazole rings is 1. The predicted octanol–water partition coefficient (Wildman–Crippen LogP) is 4.06. The summed E-state index contributed by atoms with van der Waals surface area (Å²) in [7, 11) is 0. The molecule has 2 aromatic rings. The number of piperidine rings is 1. The maximum Gasteiger partial charge on any atom is 0.273 e. The smallest absolute Gasteiger partial charge is 0.273 e. The highest BCUT2D eigenvalue weighted by Gasteiger charge is 2.21. The lowest BCUT2D eigenvalue weighted by molar-refractivity contribution is 0.0941. The Balaban J connectivity index is 1.50. The fraction of sp³-hybridized carbons (Fsp3) is 0.545. The topological polar surface area (TPSA) is 58.4 Å². The van der Waals surface area contributed by atoms with E-state index in [0.29, 0.717) is 23.9 Å². The van der Waals surface area contributed by atoms with Gasteiger partial charge in [0.2, 0.25) is 5.89 Å². The molecule has 1 N–H and O–H groups in total. The zero-order chi connectivity index (χ0) is 19.4. The van der Waals surface area contributed by atoms with Crippen molar-refractivity contribution >= 4 is 5.91 Å². The lowest BCUT2D eigenvalue weighted by Crippen LogP contribution is -2.40. The van der Waals surface area contributed by atoms with Crippen LogP contribution in [-0.2, 0) is 0 Å². The highest BCUT2D eigenvalue weighted by Crippen LogP contribution is 2.22. The molecule has 3 rings (SSSR count). The molecule has 1 aromatic heterocycles. The summed E-state index contributed by atoms with van der Waals surface area (Å²) in [5.41, 5.74) is 2.44. The van der Waals surface area contributed by atoms with Crippen molar-refractivity contribution in [1.82, 2.24) is 15.2 Å². The molecule has 146 valence electrons. The van der Waals surface area contributed by atoms with Crippen LogP contribution < -0.4 is 5.32 Å². The summed E-state index contributed by atoms with van der Waals surface area (Å²) in [5, 5.41) is 2.99. The van der Waals surface area contributed by atoms with E-state index < -0.39 is 0 Å². The van der Waals surface area contributed by atoms with Gasteiger partial charge >= 0.3 is 0 Å². The Kier molecular flexibility index (Phi) is 6.32. The van der Waals surface area contributed by atoms with Crippen LogP contribution in [0.5, 0.6) is 0 Å². The summed E-state index contributed by atoms with van der Waals surface area (Å²) >= 11 is 0. The number of nitrogens with one attached hydrogen (secondary N) is 1. The van der Waals surface area contributed by atoms with Crippen molar-refractivity contribution in [2.24, 2.45) is 11.8 Å². The lowest BCUT2D eigenvalue weighted by atomic mass is 9.92. The Morgan fingerprint density at radius 1 is 1.19 bits per heavy atom. The van der Waals surface area contributed by atoms with Crippen molar-refractivity contribution in [2.45, 2.75) is 40.5 Å². The molecule has 5 heteroatoms. The molecule has 0 aliphatic carbocycles. The molecule has 2 atom stereocenters. The van der Waals surface area contributed by atoms with Crippen LogP contribution in [0.25, 0.3) is 11.5 Å². The molecule has 1 fully saturated rings. The third kappa shape index (κ3) is 5.19. The monoisotopic (exact) mass is 369 g/mol. The van der Waals surface area contributed by atoms with E-state index in [0.717, 1.165) is 30.4 Å². The van der Waals surface area contributed by atoms with Gasteiger partial charge in [-0.25, -0.2) is 4.98 Å². The Morgan fingerprint density at radius 2 is 1.85 bits per heavy atom. The Hall–Kier alpha value is -2.14. The number of benzene rings is 1. The predicted molar refractivity (Wildman–Crippen MR) is 108 cm³/mol. The van der Waals surface area contributed by atoms with Crippen LogP contribution in [0.3, 0.4) is 0 Å². The van der Waals surface area contributed by atoms with Gasteiger partial charge in [-0.3, -0.25) is 4.79 Å². The van der Waals surface area contributed by atoms with E-state index in [-0.39, 0.29) is 5.91 Å². The normalized spacial score (nSPS) is 20.6. The second-order valence-corrected chi connectivity index (χ2v) is 8.10. The van der Waals surface area contributed by atoms with Gasteiger partial charge in [0.25, 0.3) is 5.91 Å². The van der Waals surface area contributed by atoms with Gasteiger partial charge in [-0.1, -0.05) is 31.5 Å². The molecule has 1 aliphatic rings. The molecule has 0 radical (unpaired) electrons. The lowest BCUT2D eigenvalue weighted by Gasteiger charge is -2.34. The molecule has 0 saturated carbocycles. The maximum atomic E-state index is 12.5. The number of aromatic nitrogens is 1. The highest BCUT2D eigenvalue weighted by atomic mass is 16.4. The summed E-state index contributed by atoms with van der Waals surface area (Å²) < 4.78 is 5.71. The molecule has 27 heavy (non-hydrogen) atoms. The average molecular weight is 370 g/mol. The molecular formula is C22H31N3O2. The second-order valence-electron chi connectivity index (χ2n) is 8.10. The third-order valence-corrected chi connectivity index (χ3v) is 5.19. The number of carbonyl (C=O) groups is 1. The van der Waals surface area contributed by atoms with E-state index in [1.54, 1.807) is 6.92 Å². The number of hydrogen-bond acceptors (Lipinski definition) is 4. The summed E-state index contributed by atoms with van der Waals surface area (Å²) in [5.74, 6) is 2.42. The van der Waals surface area contributed by atoms with E-state index in [1.807, 2.05) is 31.2 Å². The first-order valence-electron chi connectivity index (χ1n) is 9.97. The van der Waals surface area contributed by atoms with Gasteiger partial charge < -0.3 is 14.6 Å². The summed E-state index contributed by atoms with van der Waals surface area (Å²) in [4.78, 5) is 19.4. The maximum absolute atomic E-state index is 12.5. The first-order valence-corrected chi connectivity index (χ1v) is 9.97. The second kappa shape index (κ2) is 8.70. The number of carbonyl (C=O) groups excluding carboxylic acids is 1. The number of nitrogens with zero attached hydrogens (tertiary/aromatic N) is 2. The van der Waals surface area contributed by atoms with Crippen molar-refractivity contribution in [1.29, 1.82) is 0 Å². The van der Waals surface area contributed by atoms with Crippen LogP contribution in [0, 0.1) is 25.7 Å². The minimum absolute atomic E-state index is 0.157. The molecule has 2 heterocycles. The zero-order valence-electron chi connectivity index (χ0n) is 16.9. The fourth-order valence-corrected chi connectivity index (χ4v) is 3.99. The van der Waals surface area contributed by atoms with Crippen LogP contribution in [-0.4, -0.2) is 42.0 Å². The number of aryl methyl sites for hydroxylation is 2. The van der Waals surface area contributed by atoms with E-state index in [4.69, 9.17) is 4.42 Å². The van der Waals surface area contributed by atoms with Crippen LogP contribution in [0.15, 0.2) is 28.7 Å². The fourth-order valence-electron chi connectivity index (χ4n) is 3.99. The van der Waals surface area contributed by atoms with E-state index >= 15 is 0 Å². The summed E-state index contributed by atoms with van der Waals surface area (Å²) in [6, 6.07) is 7.94. The van der Waals surface area contributed by atoms with Gasteiger partial charge in [-0.05, 0) is 57.2 Å². The van der Waals surface area contributed by atoms with Crippen LogP contribution >= 0.6 is 0 Å². The molecule has 1 aliphatic heterocycles. The quantitative estimate of drug-likeness (QED) is 0.780. The van der Waals surface area contributed by atoms with Gasteiger partial charge in [-0.15, -0.1) is 0 Å². The van der Waals surface area contributed by atoms with Crippen molar-refractivity contribution in [3.63, 3.8) is 0 Å². The minimum Gasteiger partial charge on any atom is -0.441 e. The summed E-state index contributed by atoms with van der Waals surface area (Å²) in [6.45, 7) is 12.5. The number of rotatable bonds is 6. The van der Waals surface area contributed by atoms with E-state index in [2.05, 4.69) is 29.0 Å². The highest BCUT2D eigenvalue weighted by molar-refractivity contribution is 5.93. The van der Waals surface area contributed by atoms with Gasteiger partial charge in [0, 0.05) is 25.2 Å². The molecule has 1 saturated heterocycles. The van der Waals surface area contributed by atoms with E-state index in [1.165, 1.54) is 25.1 Å². The Morgan fingerprint density at radius 3 is 2.52 bits per heavy atom. The molecule has 5 nitrogen and oxygen atoms in total. The van der Waals surface area contributed by atoms with Crippen molar-refractivity contribution in [3.8, 4) is 11.5 Å². The SMILES string of the molecule is Cc1ccc(-c2nc(C(=O)NCCCN3CC(C)CC(C)C3)c(C)o2)cc1. The standard InChI is InChI=1S/C22H31N3O2/c1-15-6-8-19(9-7-15)22-24-20(18(4)27-22)21(26)23-10-5-11-25-13-16(2)12-17(3)14-25/h6-9,16-17H,5,10-14H2,1-4H3,(H,23,26). The Labute approximate surface area is 162 Å². The van der Waals surface area contributed by atoms with Gasteiger partial charge in [0.05, 0.1) is 0 Å². The molecule has 2 unspecified atom stereocenters. The minimum atomic E-state index is -0.157. The molecule has 0 bridgehead atoms. The van der Waals surface area contributed by atoms with Crippen molar-refractivity contribution < 1.29 is 9.21 Å². The first-order chi connectivity index (χ1) is 12.9. The number of hydrogen-bond donors (Lipinski definition) is 1. The number of likely N-dealkylation sites (tertiary alicyclic amines) is 1. The van der Waals surface area contributed by atoms with Crippen LogP contribution in [0.4, 0.5) is 0 Å². The molecule has 1 amide bonds. The van der Waals surface area contributed by atoms with Crippen LogP contribution in [0.1, 0.15) is 48.5 Å². The van der Waals surface area contributed by atoms with E-state index in [9.17, 15) is 4.79 Å². The first kappa shape index (κ1) is 19.6. The molecular weight excluding hydrogens is 338 g/mol. The Bertz CT molecular complexity index is 756. The molecule has 1 aromatic carbocycles. The largest absolute Gasteiger partial charge is 0.441 e. The average Bonchev–Trinajstić information content (AvgIpc) is 3.00. The summed E-state index contributed by atoms with van der Waals surface area (Å²) in [6.07, 6.45) is 2.27. The molecule has 0 spiro atoms. The number of amides is 1. The van der Waals surface area contributed by atoms with Gasteiger partial charge in [0.1, 0.15) is 5.76 Å². The third-order valence-electron chi connectivity index (χ3n) is 5.19. The van der Waals surface area contributed by atoms with Crippen LogP contribution in [0.2, 0.25) is 0 Å². The van der Waals surface area contributed by atoms with Gasteiger partial charge in [0.15, 0.2) is 5.69 Å². The van der Waals surface area contributed by atoms with Crippen molar-refractivity contribution in [2.75, 3.05) is 26.2 Å².